The number of amides is 1. The number of carbonyl (C=O) groups excluding carboxylic acids is 1. The van der Waals surface area contributed by atoms with Crippen molar-refractivity contribution in [1.29, 1.82) is 0 Å². The molecule has 1 unspecified atom stereocenters. The number of ether oxygens (including phenoxy) is 1. The number of benzene rings is 2. The van der Waals surface area contributed by atoms with Gasteiger partial charge in [-0.15, -0.1) is 0 Å². The molecule has 3 aromatic rings. The van der Waals surface area contributed by atoms with Crippen molar-refractivity contribution in [2.75, 3.05) is 0 Å². The van der Waals surface area contributed by atoms with Gasteiger partial charge in [-0.3, -0.25) is 9.59 Å². The number of para-hydroxylation sites is 1. The smallest absolute Gasteiger partial charge is 0.270 e. The van der Waals surface area contributed by atoms with Crippen molar-refractivity contribution < 1.29 is 9.53 Å². The molecule has 0 bridgehead atoms. The van der Waals surface area contributed by atoms with Crippen molar-refractivity contribution in [3.8, 4) is 17.1 Å². The molecule has 1 amide bonds. The van der Waals surface area contributed by atoms with E-state index in [0.717, 1.165) is 16.9 Å². The van der Waals surface area contributed by atoms with Gasteiger partial charge in [0.15, 0.2) is 0 Å². The standard InChI is InChI=1S/C22H21N3O3/c1-22(2)13-17(15-10-6-7-11-18(15)28-22)24-21(27)16-12-19(26)25-20(23-16)14-8-4-3-5-9-14/h3-12,17H,13H2,1-2H3,(H,24,27)(H,23,25,26). The number of nitrogens with one attached hydrogen (secondary N) is 2. The van der Waals surface area contributed by atoms with Crippen molar-refractivity contribution in [3.63, 3.8) is 0 Å². The molecule has 4 rings (SSSR count). The fourth-order valence-corrected chi connectivity index (χ4v) is 3.47. The van der Waals surface area contributed by atoms with Crippen LogP contribution in [-0.2, 0) is 0 Å². The highest BCUT2D eigenvalue weighted by Gasteiger charge is 2.34. The summed E-state index contributed by atoms with van der Waals surface area (Å²) in [6.45, 7) is 3.97. The van der Waals surface area contributed by atoms with Gasteiger partial charge in [-0.1, -0.05) is 48.5 Å². The Morgan fingerprint density at radius 1 is 1.14 bits per heavy atom. The van der Waals surface area contributed by atoms with Gasteiger partial charge in [-0.25, -0.2) is 4.98 Å². The van der Waals surface area contributed by atoms with Crippen LogP contribution in [0.2, 0.25) is 0 Å². The van der Waals surface area contributed by atoms with E-state index >= 15 is 0 Å². The first kappa shape index (κ1) is 18.0. The molecule has 0 aliphatic carbocycles. The molecule has 0 saturated carbocycles. The highest BCUT2D eigenvalue weighted by atomic mass is 16.5. The molecule has 1 atom stereocenters. The van der Waals surface area contributed by atoms with E-state index in [1.807, 2.05) is 68.4 Å². The Kier molecular flexibility index (Phi) is 4.47. The Morgan fingerprint density at radius 3 is 2.64 bits per heavy atom. The third-order valence-electron chi connectivity index (χ3n) is 4.70. The summed E-state index contributed by atoms with van der Waals surface area (Å²) in [6, 6.07) is 17.9. The summed E-state index contributed by atoms with van der Waals surface area (Å²) in [7, 11) is 0. The fraction of sp³-hybridized carbons (Fsp3) is 0.227. The second kappa shape index (κ2) is 6.96. The molecule has 2 N–H and O–H groups in total. The van der Waals surface area contributed by atoms with Crippen LogP contribution in [0.1, 0.15) is 42.4 Å². The predicted molar refractivity (Wildman–Crippen MR) is 106 cm³/mol. The Balaban J connectivity index is 1.64. The molecule has 2 aromatic carbocycles. The number of fused-ring (bicyclic) bond motifs is 1. The molecule has 1 aliphatic rings. The Bertz CT molecular complexity index is 1070. The van der Waals surface area contributed by atoms with Crippen LogP contribution in [0, 0.1) is 0 Å². The van der Waals surface area contributed by atoms with Crippen LogP contribution in [-0.4, -0.2) is 21.5 Å². The molecule has 6 nitrogen and oxygen atoms in total. The van der Waals surface area contributed by atoms with Crippen LogP contribution in [0.25, 0.3) is 11.4 Å². The van der Waals surface area contributed by atoms with Gasteiger partial charge in [-0.05, 0) is 19.9 Å². The van der Waals surface area contributed by atoms with Gasteiger partial charge in [0.1, 0.15) is 22.9 Å². The highest BCUT2D eigenvalue weighted by Crippen LogP contribution is 2.39. The van der Waals surface area contributed by atoms with Gasteiger partial charge in [0, 0.05) is 23.6 Å². The van der Waals surface area contributed by atoms with E-state index in [-0.39, 0.29) is 23.2 Å². The van der Waals surface area contributed by atoms with Crippen LogP contribution in [0.3, 0.4) is 0 Å². The summed E-state index contributed by atoms with van der Waals surface area (Å²) < 4.78 is 6.01. The zero-order valence-electron chi connectivity index (χ0n) is 15.7. The number of rotatable bonds is 3. The molecule has 6 heteroatoms. The maximum absolute atomic E-state index is 12.9. The monoisotopic (exact) mass is 375 g/mol. The second-order valence-electron chi connectivity index (χ2n) is 7.48. The maximum atomic E-state index is 12.9. The second-order valence-corrected chi connectivity index (χ2v) is 7.48. The number of nitrogens with zero attached hydrogens (tertiary/aromatic N) is 1. The average Bonchev–Trinajstić information content (AvgIpc) is 2.67. The molecule has 0 saturated heterocycles. The van der Waals surface area contributed by atoms with Crippen LogP contribution in [0.5, 0.6) is 5.75 Å². The third-order valence-corrected chi connectivity index (χ3v) is 4.70. The van der Waals surface area contributed by atoms with Crippen molar-refractivity contribution in [2.45, 2.75) is 31.9 Å². The molecule has 142 valence electrons. The first-order valence-corrected chi connectivity index (χ1v) is 9.17. The van der Waals surface area contributed by atoms with E-state index in [0.29, 0.717) is 12.2 Å². The Morgan fingerprint density at radius 2 is 1.86 bits per heavy atom. The summed E-state index contributed by atoms with van der Waals surface area (Å²) in [6.07, 6.45) is 0.616. The largest absolute Gasteiger partial charge is 0.487 e. The van der Waals surface area contributed by atoms with E-state index in [1.165, 1.54) is 6.07 Å². The van der Waals surface area contributed by atoms with Gasteiger partial charge in [-0.2, -0.15) is 0 Å². The van der Waals surface area contributed by atoms with Crippen LogP contribution >= 0.6 is 0 Å². The first-order valence-electron chi connectivity index (χ1n) is 9.17. The van der Waals surface area contributed by atoms with E-state index in [4.69, 9.17) is 4.74 Å². The molecular weight excluding hydrogens is 354 g/mol. The predicted octanol–water partition coefficient (Wildman–Crippen LogP) is 3.47. The summed E-state index contributed by atoms with van der Waals surface area (Å²) in [4.78, 5) is 32.0. The lowest BCUT2D eigenvalue weighted by molar-refractivity contribution is 0.0618. The normalized spacial score (nSPS) is 17.3. The summed E-state index contributed by atoms with van der Waals surface area (Å²) in [5, 5.41) is 3.02. The lowest BCUT2D eigenvalue weighted by atomic mass is 9.89. The number of hydrogen-bond acceptors (Lipinski definition) is 4. The summed E-state index contributed by atoms with van der Waals surface area (Å²) in [5.74, 6) is 0.736. The zero-order valence-corrected chi connectivity index (χ0v) is 15.7. The zero-order chi connectivity index (χ0) is 19.7. The van der Waals surface area contributed by atoms with E-state index in [1.54, 1.807) is 0 Å². The van der Waals surface area contributed by atoms with Crippen LogP contribution in [0.4, 0.5) is 0 Å². The highest BCUT2D eigenvalue weighted by molar-refractivity contribution is 5.93. The molecule has 0 radical (unpaired) electrons. The number of hydrogen-bond donors (Lipinski definition) is 2. The summed E-state index contributed by atoms with van der Waals surface area (Å²) >= 11 is 0. The van der Waals surface area contributed by atoms with Gasteiger partial charge < -0.3 is 15.0 Å². The van der Waals surface area contributed by atoms with Gasteiger partial charge in [0.05, 0.1) is 6.04 Å². The van der Waals surface area contributed by atoms with E-state index in [2.05, 4.69) is 15.3 Å². The maximum Gasteiger partial charge on any atom is 0.270 e. The minimum atomic E-state index is -0.414. The van der Waals surface area contributed by atoms with E-state index in [9.17, 15) is 9.59 Å². The fourth-order valence-electron chi connectivity index (χ4n) is 3.47. The number of aromatic amines is 1. The van der Waals surface area contributed by atoms with Crippen molar-refractivity contribution in [2.24, 2.45) is 0 Å². The number of carbonyl (C=O) groups is 1. The van der Waals surface area contributed by atoms with Gasteiger partial charge in [0.2, 0.25) is 0 Å². The topological polar surface area (TPSA) is 84.1 Å². The van der Waals surface area contributed by atoms with Crippen molar-refractivity contribution >= 4 is 5.91 Å². The molecule has 0 fully saturated rings. The molecule has 1 aromatic heterocycles. The minimum Gasteiger partial charge on any atom is -0.487 e. The third kappa shape index (κ3) is 3.67. The number of H-pyrrole nitrogens is 1. The minimum absolute atomic E-state index is 0.0874. The molecule has 1 aliphatic heterocycles. The van der Waals surface area contributed by atoms with Crippen LogP contribution < -0.4 is 15.6 Å². The SMILES string of the molecule is CC1(C)CC(NC(=O)c2cc(=O)[nH]c(-c3ccccc3)n2)c2ccccc2O1. The molecule has 2 heterocycles. The van der Waals surface area contributed by atoms with Crippen LogP contribution in [0.15, 0.2) is 65.5 Å². The van der Waals surface area contributed by atoms with Crippen molar-refractivity contribution in [1.82, 2.24) is 15.3 Å². The molecule has 28 heavy (non-hydrogen) atoms. The number of aromatic nitrogens is 2. The first-order chi connectivity index (χ1) is 13.4. The summed E-state index contributed by atoms with van der Waals surface area (Å²) in [5.41, 5.74) is 0.967. The molecular formula is C22H21N3O3. The lowest BCUT2D eigenvalue weighted by Crippen LogP contribution is -2.41. The van der Waals surface area contributed by atoms with E-state index < -0.39 is 5.60 Å². The Hall–Kier alpha value is -3.41. The average molecular weight is 375 g/mol. The molecule has 0 spiro atoms. The lowest BCUT2D eigenvalue weighted by Gasteiger charge is -2.37. The Labute approximate surface area is 162 Å². The van der Waals surface area contributed by atoms with Crippen molar-refractivity contribution in [3.05, 3.63) is 82.3 Å². The van der Waals surface area contributed by atoms with Gasteiger partial charge in [0.25, 0.3) is 11.5 Å². The quantitative estimate of drug-likeness (QED) is 0.734. The van der Waals surface area contributed by atoms with Gasteiger partial charge >= 0.3 is 0 Å².